The summed E-state index contributed by atoms with van der Waals surface area (Å²) in [6.45, 7) is 5.12. The van der Waals surface area contributed by atoms with Gasteiger partial charge in [0, 0.05) is 6.42 Å². The molecule has 0 aliphatic heterocycles. The van der Waals surface area contributed by atoms with Crippen molar-refractivity contribution in [3.8, 4) is 0 Å². The second-order valence-electron chi connectivity index (χ2n) is 4.61. The van der Waals surface area contributed by atoms with Gasteiger partial charge < -0.3 is 15.7 Å². The number of hydrogen-bond acceptors (Lipinski definition) is 4. The Hall–Kier alpha value is -1.43. The average molecular weight is 258 g/mol. The fourth-order valence-corrected chi connectivity index (χ4v) is 1.67. The summed E-state index contributed by atoms with van der Waals surface area (Å²) in [4.78, 5) is 33.7. The minimum absolute atomic E-state index is 0.0853. The molecule has 0 spiro atoms. The fraction of sp³-hybridized carbons (Fsp3) is 0.750. The van der Waals surface area contributed by atoms with Gasteiger partial charge in [-0.1, -0.05) is 13.8 Å². The summed E-state index contributed by atoms with van der Waals surface area (Å²) in [5, 5.41) is 14.0. The lowest BCUT2D eigenvalue weighted by Crippen LogP contribution is -2.51. The molecule has 104 valence electrons. The lowest BCUT2D eigenvalue weighted by molar-refractivity contribution is -0.137. The molecule has 0 saturated heterocycles. The maximum absolute atomic E-state index is 11.9. The highest BCUT2D eigenvalue weighted by Crippen LogP contribution is 2.04. The van der Waals surface area contributed by atoms with Crippen molar-refractivity contribution in [2.45, 2.75) is 45.7 Å². The summed E-state index contributed by atoms with van der Waals surface area (Å²) in [5.74, 6) is -1.41. The number of hydrogen-bond donors (Lipinski definition) is 3. The monoisotopic (exact) mass is 258 g/mol. The minimum Gasteiger partial charge on any atom is -0.481 e. The second kappa shape index (κ2) is 7.81. The fourth-order valence-electron chi connectivity index (χ4n) is 1.67. The number of carboxylic acid groups (broad SMARTS) is 1. The summed E-state index contributed by atoms with van der Waals surface area (Å²) >= 11 is 0. The van der Waals surface area contributed by atoms with Gasteiger partial charge >= 0.3 is 5.97 Å². The Balaban J connectivity index is 4.53. The number of rotatable bonds is 8. The smallest absolute Gasteiger partial charge is 0.303 e. The van der Waals surface area contributed by atoms with Crippen LogP contribution >= 0.6 is 0 Å². The number of nitrogens with one attached hydrogen (secondary N) is 2. The van der Waals surface area contributed by atoms with Gasteiger partial charge in [0.15, 0.2) is 5.78 Å². The van der Waals surface area contributed by atoms with Crippen LogP contribution in [0.5, 0.6) is 0 Å². The molecule has 18 heavy (non-hydrogen) atoms. The zero-order valence-corrected chi connectivity index (χ0v) is 11.3. The van der Waals surface area contributed by atoms with Crippen LogP contribution in [0.25, 0.3) is 0 Å². The summed E-state index contributed by atoms with van der Waals surface area (Å²) in [5.41, 5.74) is 0. The molecule has 0 unspecified atom stereocenters. The van der Waals surface area contributed by atoms with Gasteiger partial charge in [-0.05, 0) is 26.3 Å². The minimum atomic E-state index is -0.982. The maximum Gasteiger partial charge on any atom is 0.303 e. The Labute approximate surface area is 107 Å². The normalized spacial score (nSPS) is 14.1. The molecular formula is C12H22N2O4. The van der Waals surface area contributed by atoms with E-state index in [4.69, 9.17) is 5.11 Å². The lowest BCUT2D eigenvalue weighted by atomic mass is 10.0. The molecule has 0 radical (unpaired) electrons. The quantitative estimate of drug-likeness (QED) is 0.577. The molecule has 0 aliphatic carbocycles. The van der Waals surface area contributed by atoms with Crippen molar-refractivity contribution in [2.24, 2.45) is 5.92 Å². The Morgan fingerprint density at radius 2 is 1.78 bits per heavy atom. The SMILES string of the molecule is CN[C@H](C(=O)N[C@@H](CCC(=O)O)C(C)=O)C(C)C. The van der Waals surface area contributed by atoms with Crippen molar-refractivity contribution in [2.75, 3.05) is 7.05 Å². The van der Waals surface area contributed by atoms with Crippen LogP contribution in [-0.4, -0.2) is 41.9 Å². The third-order valence-corrected chi connectivity index (χ3v) is 2.71. The number of ketones is 1. The molecule has 0 heterocycles. The maximum atomic E-state index is 11.9. The third-order valence-electron chi connectivity index (χ3n) is 2.71. The number of amides is 1. The van der Waals surface area contributed by atoms with E-state index in [9.17, 15) is 14.4 Å². The van der Waals surface area contributed by atoms with E-state index >= 15 is 0 Å². The number of likely N-dealkylation sites (N-methyl/N-ethyl adjacent to an activating group) is 1. The van der Waals surface area contributed by atoms with E-state index in [1.165, 1.54) is 6.92 Å². The van der Waals surface area contributed by atoms with Gasteiger partial charge in [0.05, 0.1) is 12.1 Å². The molecule has 0 aromatic rings. The van der Waals surface area contributed by atoms with Crippen LogP contribution in [0.15, 0.2) is 0 Å². The second-order valence-corrected chi connectivity index (χ2v) is 4.61. The van der Waals surface area contributed by atoms with Gasteiger partial charge in [-0.15, -0.1) is 0 Å². The van der Waals surface area contributed by atoms with Crippen LogP contribution < -0.4 is 10.6 Å². The highest BCUT2D eigenvalue weighted by molar-refractivity contribution is 5.90. The standard InChI is InChI=1S/C12H22N2O4/c1-7(2)11(13-4)12(18)14-9(8(3)15)5-6-10(16)17/h7,9,11,13H,5-6H2,1-4H3,(H,14,18)(H,16,17)/t9-,11-/m0/s1. The highest BCUT2D eigenvalue weighted by atomic mass is 16.4. The predicted molar refractivity (Wildman–Crippen MR) is 67.2 cm³/mol. The van der Waals surface area contributed by atoms with Crippen molar-refractivity contribution in [1.29, 1.82) is 0 Å². The zero-order valence-electron chi connectivity index (χ0n) is 11.3. The average Bonchev–Trinajstić information content (AvgIpc) is 2.23. The van der Waals surface area contributed by atoms with Crippen molar-refractivity contribution < 1.29 is 19.5 Å². The largest absolute Gasteiger partial charge is 0.481 e. The van der Waals surface area contributed by atoms with Crippen LogP contribution in [0.4, 0.5) is 0 Å². The van der Waals surface area contributed by atoms with Crippen molar-refractivity contribution in [1.82, 2.24) is 10.6 Å². The van der Waals surface area contributed by atoms with Gasteiger partial charge in [0.25, 0.3) is 0 Å². The molecular weight excluding hydrogens is 236 g/mol. The van der Waals surface area contributed by atoms with Crippen molar-refractivity contribution in [3.63, 3.8) is 0 Å². The van der Waals surface area contributed by atoms with Crippen LogP contribution in [0.2, 0.25) is 0 Å². The van der Waals surface area contributed by atoms with E-state index in [1.54, 1.807) is 7.05 Å². The van der Waals surface area contributed by atoms with Gasteiger partial charge in [-0.3, -0.25) is 14.4 Å². The summed E-state index contributed by atoms with van der Waals surface area (Å²) in [6, 6.07) is -1.13. The van der Waals surface area contributed by atoms with Gasteiger partial charge in [-0.25, -0.2) is 0 Å². The number of carboxylic acids is 1. The van der Waals surface area contributed by atoms with E-state index in [0.29, 0.717) is 0 Å². The van der Waals surface area contributed by atoms with E-state index < -0.39 is 18.1 Å². The molecule has 0 bridgehead atoms. The van der Waals surface area contributed by atoms with Gasteiger partial charge in [0.2, 0.25) is 5.91 Å². The van der Waals surface area contributed by atoms with Gasteiger partial charge in [0.1, 0.15) is 0 Å². The van der Waals surface area contributed by atoms with Crippen LogP contribution in [0.1, 0.15) is 33.6 Å². The van der Waals surface area contributed by atoms with E-state index in [-0.39, 0.29) is 30.4 Å². The predicted octanol–water partition coefficient (Wildman–Crippen LogP) is 0.169. The Morgan fingerprint density at radius 1 is 1.22 bits per heavy atom. The Kier molecular flexibility index (Phi) is 7.19. The summed E-state index contributed by atoms with van der Waals surface area (Å²) in [6.07, 6.45) is -0.0264. The molecule has 0 aromatic carbocycles. The van der Waals surface area contributed by atoms with Crippen molar-refractivity contribution >= 4 is 17.7 Å². The number of Topliss-reactive ketones (excluding diaryl/α,β-unsaturated/α-hetero) is 1. The molecule has 6 heteroatoms. The van der Waals surface area contributed by atoms with Crippen LogP contribution in [-0.2, 0) is 14.4 Å². The topological polar surface area (TPSA) is 95.5 Å². The first kappa shape index (κ1) is 16.6. The van der Waals surface area contributed by atoms with E-state index in [1.807, 2.05) is 13.8 Å². The number of carbonyl (C=O) groups excluding carboxylic acids is 2. The first-order valence-corrected chi connectivity index (χ1v) is 5.99. The molecule has 0 rings (SSSR count). The molecule has 0 aliphatic rings. The lowest BCUT2D eigenvalue weighted by Gasteiger charge is -2.22. The summed E-state index contributed by atoms with van der Waals surface area (Å²) in [7, 11) is 1.67. The van der Waals surface area contributed by atoms with E-state index in [2.05, 4.69) is 10.6 Å². The molecule has 3 N–H and O–H groups in total. The van der Waals surface area contributed by atoms with Crippen molar-refractivity contribution in [3.05, 3.63) is 0 Å². The Bertz CT molecular complexity index is 315. The first-order chi connectivity index (χ1) is 8.29. The Morgan fingerprint density at radius 3 is 2.11 bits per heavy atom. The molecule has 1 amide bonds. The highest BCUT2D eigenvalue weighted by Gasteiger charge is 2.24. The molecule has 0 aromatic heterocycles. The molecule has 0 saturated carbocycles. The van der Waals surface area contributed by atoms with Gasteiger partial charge in [-0.2, -0.15) is 0 Å². The number of carbonyl (C=O) groups is 3. The zero-order chi connectivity index (χ0) is 14.3. The summed E-state index contributed by atoms with van der Waals surface area (Å²) < 4.78 is 0. The molecule has 6 nitrogen and oxygen atoms in total. The van der Waals surface area contributed by atoms with E-state index in [0.717, 1.165) is 0 Å². The number of aliphatic carboxylic acids is 1. The molecule has 0 fully saturated rings. The first-order valence-electron chi connectivity index (χ1n) is 5.99. The van der Waals surface area contributed by atoms with Crippen LogP contribution in [0.3, 0.4) is 0 Å². The molecule has 2 atom stereocenters. The third kappa shape index (κ3) is 5.77. The van der Waals surface area contributed by atoms with Crippen LogP contribution in [0, 0.1) is 5.92 Å².